The molecule has 0 aliphatic carbocycles. The molecule has 0 rings (SSSR count). The van der Waals surface area contributed by atoms with Crippen molar-refractivity contribution in [3.05, 3.63) is 158 Å². The van der Waals surface area contributed by atoms with Gasteiger partial charge < -0.3 is 33.8 Å². The molecule has 0 aromatic heterocycles. The van der Waals surface area contributed by atoms with Crippen LogP contribution >= 0.6 is 15.6 Å². The van der Waals surface area contributed by atoms with Gasteiger partial charge in [0.2, 0.25) is 0 Å². The van der Waals surface area contributed by atoms with Crippen LogP contribution in [0.15, 0.2) is 158 Å². The number of allylic oxidation sites excluding steroid dienone is 26. The number of rotatable bonds is 71. The van der Waals surface area contributed by atoms with Gasteiger partial charge in [-0.05, 0) is 161 Å². The van der Waals surface area contributed by atoms with Crippen molar-refractivity contribution in [1.82, 2.24) is 0 Å². The molecule has 0 saturated heterocycles. The fourth-order valence-electron chi connectivity index (χ4n) is 9.61. The van der Waals surface area contributed by atoms with Crippen molar-refractivity contribution in [2.24, 2.45) is 0 Å². The number of hydrogen-bond acceptors (Lipinski definition) is 15. The molecule has 0 amide bonds. The minimum absolute atomic E-state index is 0.0608. The molecule has 0 aliphatic heterocycles. The number of esters is 4. The zero-order valence-electron chi connectivity index (χ0n) is 63.2. The third-order valence-electron chi connectivity index (χ3n) is 15.4. The number of ether oxygens (including phenoxy) is 4. The summed E-state index contributed by atoms with van der Waals surface area (Å²) in [7, 11) is -9.99. The molecular weight excluding hydrogens is 1330 g/mol. The first kappa shape index (κ1) is 96.7. The highest BCUT2D eigenvalue weighted by Crippen LogP contribution is 2.45. The highest BCUT2D eigenvalue weighted by atomic mass is 31.2. The molecule has 0 aromatic carbocycles. The van der Waals surface area contributed by atoms with Gasteiger partial charge in [-0.3, -0.25) is 37.3 Å². The number of phosphoric ester groups is 2. The Morgan fingerprint density at radius 3 is 0.882 bits per heavy atom. The van der Waals surface area contributed by atoms with Gasteiger partial charge in [0.05, 0.1) is 26.4 Å². The summed E-state index contributed by atoms with van der Waals surface area (Å²) in [6, 6.07) is 0. The van der Waals surface area contributed by atoms with Crippen molar-refractivity contribution >= 4 is 39.5 Å². The second kappa shape index (κ2) is 74.0. The average Bonchev–Trinajstić information content (AvgIpc) is 0.909. The molecule has 0 spiro atoms. The summed E-state index contributed by atoms with van der Waals surface area (Å²) in [5, 5.41) is 10.6. The molecule has 0 heterocycles. The smallest absolute Gasteiger partial charge is 0.462 e. The largest absolute Gasteiger partial charge is 0.472 e. The molecule has 17 nitrogen and oxygen atoms in total. The predicted octanol–water partition coefficient (Wildman–Crippen LogP) is 22.4. The Morgan fingerprint density at radius 1 is 0.284 bits per heavy atom. The van der Waals surface area contributed by atoms with Crippen molar-refractivity contribution in [2.45, 2.75) is 303 Å². The number of aliphatic hydroxyl groups excluding tert-OH is 1. The van der Waals surface area contributed by atoms with Crippen LogP contribution in [0.3, 0.4) is 0 Å². The first-order chi connectivity index (χ1) is 49.7. The lowest BCUT2D eigenvalue weighted by molar-refractivity contribution is -0.161. The second-order valence-corrected chi connectivity index (χ2v) is 28.1. The zero-order valence-corrected chi connectivity index (χ0v) is 65.0. The van der Waals surface area contributed by atoms with E-state index in [2.05, 4.69) is 174 Å². The topological polar surface area (TPSA) is 237 Å². The molecule has 5 atom stereocenters. The molecule has 0 aromatic rings. The summed E-state index contributed by atoms with van der Waals surface area (Å²) >= 11 is 0. The first-order valence-electron chi connectivity index (χ1n) is 38.7. The Kier molecular flexibility index (Phi) is 70.1. The molecule has 102 heavy (non-hydrogen) atoms. The van der Waals surface area contributed by atoms with Crippen LogP contribution in [0.2, 0.25) is 0 Å². The lowest BCUT2D eigenvalue weighted by Crippen LogP contribution is -2.30. The van der Waals surface area contributed by atoms with E-state index in [1.54, 1.807) is 0 Å². The van der Waals surface area contributed by atoms with Crippen LogP contribution < -0.4 is 0 Å². The normalized spacial score (nSPS) is 14.8. The van der Waals surface area contributed by atoms with E-state index in [1.807, 2.05) is 12.2 Å². The van der Waals surface area contributed by atoms with Crippen LogP contribution in [-0.4, -0.2) is 96.7 Å². The molecular formula is C83H136O17P2. The monoisotopic (exact) mass is 1470 g/mol. The van der Waals surface area contributed by atoms with Gasteiger partial charge in [0.25, 0.3) is 0 Å². The summed E-state index contributed by atoms with van der Waals surface area (Å²) in [6.07, 6.45) is 85.3. The Bertz CT molecular complexity index is 2550. The van der Waals surface area contributed by atoms with Crippen LogP contribution in [0.5, 0.6) is 0 Å². The Labute approximate surface area is 617 Å². The van der Waals surface area contributed by atoms with Crippen molar-refractivity contribution in [1.29, 1.82) is 0 Å². The van der Waals surface area contributed by atoms with Gasteiger partial charge in [-0.15, -0.1) is 0 Å². The summed E-state index contributed by atoms with van der Waals surface area (Å²) in [5.74, 6) is -2.32. The summed E-state index contributed by atoms with van der Waals surface area (Å²) in [6.45, 7) is 4.42. The quantitative estimate of drug-likeness (QED) is 0.0169. The average molecular weight is 1470 g/mol. The fraction of sp³-hybridized carbons (Fsp3) is 0.639. The lowest BCUT2D eigenvalue weighted by atomic mass is 10.1. The van der Waals surface area contributed by atoms with Crippen molar-refractivity contribution in [2.75, 3.05) is 39.6 Å². The molecule has 0 radical (unpaired) electrons. The number of carbonyl (C=O) groups is 4. The van der Waals surface area contributed by atoms with Crippen molar-refractivity contribution in [3.63, 3.8) is 0 Å². The van der Waals surface area contributed by atoms with E-state index in [9.17, 15) is 43.2 Å². The van der Waals surface area contributed by atoms with Crippen LogP contribution in [-0.2, 0) is 65.4 Å². The third kappa shape index (κ3) is 73.0. The van der Waals surface area contributed by atoms with Crippen LogP contribution in [0, 0.1) is 0 Å². The van der Waals surface area contributed by atoms with Gasteiger partial charge in [0.1, 0.15) is 19.3 Å². The summed E-state index contributed by atoms with van der Waals surface area (Å²) in [5.41, 5.74) is 0. The molecule has 19 heteroatoms. The van der Waals surface area contributed by atoms with Gasteiger partial charge in [-0.2, -0.15) is 0 Å². The van der Waals surface area contributed by atoms with E-state index in [0.29, 0.717) is 32.1 Å². The SMILES string of the molecule is CC/C=C\C/C=C\C/C=C\C/C=C\C/C=C\CCCCCC(=O)OCC(COP(=O)(O)OCC(O)COP(=O)(O)OCC(COC(=O)CCC/C=C\C/C=C\C/C=C\C/C=C\C/C=C\CC)OC(=O)CCCCCCC/C=C\C/C=C\CCC)OC(=O)CCCCCCC/C=C\CCCCCC. The maximum absolute atomic E-state index is 13.1. The standard InChI is InChI=1S/C83H136O17P2/c1-5-9-13-17-21-25-29-33-35-37-38-40-42-46-48-52-56-60-64-68-81(86)94-74-79(100-83(88)70-66-62-58-54-50-44-32-28-24-20-16-12-8-4)76-98-102(91,92)96-72-77(84)71-95-101(89,90)97-75-78(99-82(87)69-65-61-57-53-49-43-31-27-23-19-15-11-7-3)73-93-80(85)67-63-59-55-51-47-45-41-39-36-34-30-26-22-18-14-10-6-2/h9-10,13-15,19,21-22,25-28,31-36,38,40-41,45-46,48,51,55,77-79,84H,5-8,11-12,16-18,20,23-24,29-30,37,39,42-44,47,49-50,52-54,56-76H2,1-4H3,(H,89,90)(H,91,92)/b13-9-,14-10-,19-15-,25-21-,26-22-,31-27-,32-28-,35-33-,36-34-,40-38-,45-41-,48-46-,55-51-. The minimum Gasteiger partial charge on any atom is -0.462 e. The Balaban J connectivity index is 5.44. The van der Waals surface area contributed by atoms with E-state index < -0.39 is 97.5 Å². The number of phosphoric acid groups is 2. The van der Waals surface area contributed by atoms with E-state index in [-0.39, 0.29) is 25.7 Å². The Hall–Kier alpha value is -5.32. The third-order valence-corrected chi connectivity index (χ3v) is 17.3. The fourth-order valence-corrected chi connectivity index (χ4v) is 11.2. The predicted molar refractivity (Wildman–Crippen MR) is 417 cm³/mol. The highest BCUT2D eigenvalue weighted by molar-refractivity contribution is 7.47. The van der Waals surface area contributed by atoms with Gasteiger partial charge in [-0.25, -0.2) is 9.13 Å². The minimum atomic E-state index is -5.00. The van der Waals surface area contributed by atoms with Crippen molar-refractivity contribution < 1.29 is 80.2 Å². The molecule has 580 valence electrons. The van der Waals surface area contributed by atoms with Crippen LogP contribution in [0.4, 0.5) is 0 Å². The highest BCUT2D eigenvalue weighted by Gasteiger charge is 2.30. The summed E-state index contributed by atoms with van der Waals surface area (Å²) in [4.78, 5) is 72.9. The molecule has 3 N–H and O–H groups in total. The molecule has 0 saturated carbocycles. The van der Waals surface area contributed by atoms with E-state index in [0.717, 1.165) is 173 Å². The number of unbranched alkanes of at least 4 members (excludes halogenated alkanes) is 19. The molecule has 0 bridgehead atoms. The number of hydrogen-bond donors (Lipinski definition) is 3. The molecule has 5 unspecified atom stereocenters. The van der Waals surface area contributed by atoms with E-state index >= 15 is 0 Å². The van der Waals surface area contributed by atoms with Crippen LogP contribution in [0.1, 0.15) is 285 Å². The van der Waals surface area contributed by atoms with Crippen LogP contribution in [0.25, 0.3) is 0 Å². The van der Waals surface area contributed by atoms with Gasteiger partial charge in [0, 0.05) is 25.7 Å². The molecule has 0 aliphatic rings. The number of aliphatic hydroxyl groups is 1. The number of carbonyl (C=O) groups excluding carboxylic acids is 4. The van der Waals surface area contributed by atoms with Gasteiger partial charge >= 0.3 is 39.5 Å². The first-order valence-corrected chi connectivity index (χ1v) is 41.7. The molecule has 0 fully saturated rings. The lowest BCUT2D eigenvalue weighted by Gasteiger charge is -2.21. The zero-order chi connectivity index (χ0) is 74.6. The summed E-state index contributed by atoms with van der Waals surface area (Å²) < 4.78 is 68.4. The van der Waals surface area contributed by atoms with Gasteiger partial charge in [-0.1, -0.05) is 256 Å². The Morgan fingerprint density at radius 2 is 0.539 bits per heavy atom. The van der Waals surface area contributed by atoms with E-state index in [1.165, 1.54) is 25.7 Å². The van der Waals surface area contributed by atoms with E-state index in [4.69, 9.17) is 37.0 Å². The van der Waals surface area contributed by atoms with Gasteiger partial charge in [0.15, 0.2) is 12.2 Å². The maximum atomic E-state index is 13.1. The van der Waals surface area contributed by atoms with Crippen molar-refractivity contribution in [3.8, 4) is 0 Å². The second-order valence-electron chi connectivity index (χ2n) is 25.2. The maximum Gasteiger partial charge on any atom is 0.472 e.